The molecule has 0 aliphatic rings. The molecular formula is C13H19N3O4. The average Bonchev–Trinajstić information content (AvgIpc) is 2.26. The number of aromatic nitrogens is 2. The van der Waals surface area contributed by atoms with E-state index in [0.29, 0.717) is 11.3 Å². The predicted octanol–water partition coefficient (Wildman–Crippen LogP) is 1.63. The van der Waals surface area contributed by atoms with Gasteiger partial charge in [0.25, 0.3) is 0 Å². The number of hydrogen-bond donors (Lipinski definition) is 2. The molecule has 0 radical (unpaired) electrons. The van der Waals surface area contributed by atoms with Crippen molar-refractivity contribution in [3.05, 3.63) is 17.5 Å². The van der Waals surface area contributed by atoms with Gasteiger partial charge in [-0.1, -0.05) is 0 Å². The number of nitrogens with zero attached hydrogens (tertiary/aromatic N) is 2. The SMILES string of the molecule is CCOC(=O)c1cnc(NC(C)(C)CC(=O)O)nc1C. The third-order valence-corrected chi connectivity index (χ3v) is 2.52. The topological polar surface area (TPSA) is 101 Å². The van der Waals surface area contributed by atoms with E-state index in [1.807, 2.05) is 0 Å². The maximum atomic E-state index is 11.6. The Kier molecular flexibility index (Phi) is 5.01. The Labute approximate surface area is 117 Å². The maximum Gasteiger partial charge on any atom is 0.341 e. The molecule has 1 aromatic rings. The van der Waals surface area contributed by atoms with E-state index in [-0.39, 0.29) is 19.0 Å². The summed E-state index contributed by atoms with van der Waals surface area (Å²) >= 11 is 0. The molecule has 20 heavy (non-hydrogen) atoms. The van der Waals surface area contributed by atoms with E-state index in [9.17, 15) is 9.59 Å². The molecule has 0 spiro atoms. The summed E-state index contributed by atoms with van der Waals surface area (Å²) in [5, 5.41) is 11.7. The largest absolute Gasteiger partial charge is 0.481 e. The van der Waals surface area contributed by atoms with Crippen LogP contribution in [0.4, 0.5) is 5.95 Å². The standard InChI is InChI=1S/C13H19N3O4/c1-5-20-11(19)9-7-14-12(15-8(9)2)16-13(3,4)6-10(17)18/h7H,5-6H2,1-4H3,(H,17,18)(H,14,15,16). The number of carbonyl (C=O) groups is 2. The highest BCUT2D eigenvalue weighted by molar-refractivity contribution is 5.90. The molecule has 0 aromatic carbocycles. The molecule has 1 heterocycles. The van der Waals surface area contributed by atoms with Gasteiger partial charge in [-0.2, -0.15) is 0 Å². The first-order valence-electron chi connectivity index (χ1n) is 6.26. The summed E-state index contributed by atoms with van der Waals surface area (Å²) in [6, 6.07) is 0. The molecule has 0 atom stereocenters. The van der Waals surface area contributed by atoms with Crippen LogP contribution in [0.2, 0.25) is 0 Å². The Morgan fingerprint density at radius 2 is 2.10 bits per heavy atom. The Morgan fingerprint density at radius 1 is 1.45 bits per heavy atom. The quantitative estimate of drug-likeness (QED) is 0.764. The minimum atomic E-state index is -0.914. The lowest BCUT2D eigenvalue weighted by atomic mass is 10.0. The minimum absolute atomic E-state index is 0.0744. The first kappa shape index (κ1) is 15.9. The van der Waals surface area contributed by atoms with E-state index in [2.05, 4.69) is 15.3 Å². The van der Waals surface area contributed by atoms with Crippen molar-refractivity contribution in [3.63, 3.8) is 0 Å². The Bertz CT molecular complexity index is 514. The zero-order valence-electron chi connectivity index (χ0n) is 12.1. The number of aliphatic carboxylic acids is 1. The van der Waals surface area contributed by atoms with Gasteiger partial charge in [0.2, 0.25) is 5.95 Å². The van der Waals surface area contributed by atoms with Crippen LogP contribution in [0.25, 0.3) is 0 Å². The van der Waals surface area contributed by atoms with Gasteiger partial charge in [0.05, 0.1) is 24.3 Å². The van der Waals surface area contributed by atoms with Crippen LogP contribution in [0.3, 0.4) is 0 Å². The molecule has 1 aromatic heterocycles. The van der Waals surface area contributed by atoms with E-state index < -0.39 is 17.5 Å². The average molecular weight is 281 g/mol. The number of ether oxygens (including phenoxy) is 1. The summed E-state index contributed by atoms with van der Waals surface area (Å²) < 4.78 is 4.89. The highest BCUT2D eigenvalue weighted by Gasteiger charge is 2.23. The number of rotatable bonds is 6. The summed E-state index contributed by atoms with van der Waals surface area (Å²) in [6.07, 6.45) is 1.30. The summed E-state index contributed by atoms with van der Waals surface area (Å²) in [7, 11) is 0. The van der Waals surface area contributed by atoms with Gasteiger partial charge < -0.3 is 15.2 Å². The number of nitrogens with one attached hydrogen (secondary N) is 1. The fourth-order valence-corrected chi connectivity index (χ4v) is 1.66. The lowest BCUT2D eigenvalue weighted by molar-refractivity contribution is -0.137. The lowest BCUT2D eigenvalue weighted by Crippen LogP contribution is -2.34. The minimum Gasteiger partial charge on any atom is -0.481 e. The van der Waals surface area contributed by atoms with E-state index in [1.165, 1.54) is 6.20 Å². The number of carboxylic acid groups (broad SMARTS) is 1. The van der Waals surface area contributed by atoms with Crippen LogP contribution in [0.5, 0.6) is 0 Å². The maximum absolute atomic E-state index is 11.6. The van der Waals surface area contributed by atoms with E-state index in [1.54, 1.807) is 27.7 Å². The molecule has 7 nitrogen and oxygen atoms in total. The number of carboxylic acids is 1. The number of esters is 1. The van der Waals surface area contributed by atoms with Crippen LogP contribution in [0, 0.1) is 6.92 Å². The monoisotopic (exact) mass is 281 g/mol. The second-order valence-corrected chi connectivity index (χ2v) is 4.99. The Balaban J connectivity index is 2.87. The van der Waals surface area contributed by atoms with E-state index in [4.69, 9.17) is 9.84 Å². The second kappa shape index (κ2) is 6.31. The van der Waals surface area contributed by atoms with Gasteiger partial charge in [-0.3, -0.25) is 4.79 Å². The van der Waals surface area contributed by atoms with E-state index >= 15 is 0 Å². The van der Waals surface area contributed by atoms with Gasteiger partial charge in [0.15, 0.2) is 0 Å². The summed E-state index contributed by atoms with van der Waals surface area (Å²) in [5.74, 6) is -1.11. The molecule has 0 bridgehead atoms. The van der Waals surface area contributed by atoms with Gasteiger partial charge in [-0.05, 0) is 27.7 Å². The van der Waals surface area contributed by atoms with Crippen LogP contribution in [-0.4, -0.2) is 39.2 Å². The van der Waals surface area contributed by atoms with Crippen molar-refractivity contribution in [2.24, 2.45) is 0 Å². The van der Waals surface area contributed by atoms with Crippen LogP contribution in [0.15, 0.2) is 6.20 Å². The van der Waals surface area contributed by atoms with Crippen LogP contribution >= 0.6 is 0 Å². The lowest BCUT2D eigenvalue weighted by Gasteiger charge is -2.24. The summed E-state index contributed by atoms with van der Waals surface area (Å²) in [6.45, 7) is 7.14. The molecule has 0 amide bonds. The first-order valence-corrected chi connectivity index (χ1v) is 6.26. The summed E-state index contributed by atoms with van der Waals surface area (Å²) in [4.78, 5) is 30.5. The fourth-order valence-electron chi connectivity index (χ4n) is 1.66. The van der Waals surface area contributed by atoms with Crippen LogP contribution < -0.4 is 5.32 Å². The Hall–Kier alpha value is -2.18. The third-order valence-electron chi connectivity index (χ3n) is 2.52. The van der Waals surface area contributed by atoms with Crippen molar-refractivity contribution in [3.8, 4) is 0 Å². The fraction of sp³-hybridized carbons (Fsp3) is 0.538. The van der Waals surface area contributed by atoms with Gasteiger partial charge in [-0.25, -0.2) is 14.8 Å². The molecule has 1 rings (SSSR count). The molecule has 0 saturated heterocycles. The second-order valence-electron chi connectivity index (χ2n) is 4.99. The smallest absolute Gasteiger partial charge is 0.341 e. The summed E-state index contributed by atoms with van der Waals surface area (Å²) in [5.41, 5.74) is 0.0875. The van der Waals surface area contributed by atoms with Crippen molar-refractivity contribution >= 4 is 17.9 Å². The molecule has 0 saturated carbocycles. The molecule has 110 valence electrons. The van der Waals surface area contributed by atoms with Gasteiger partial charge in [0, 0.05) is 11.7 Å². The zero-order chi connectivity index (χ0) is 15.3. The number of carbonyl (C=O) groups excluding carboxylic acids is 1. The van der Waals surface area contributed by atoms with Crippen molar-refractivity contribution < 1.29 is 19.4 Å². The molecule has 2 N–H and O–H groups in total. The first-order chi connectivity index (χ1) is 9.25. The third kappa shape index (κ3) is 4.49. The van der Waals surface area contributed by atoms with Crippen molar-refractivity contribution in [2.45, 2.75) is 39.7 Å². The molecule has 0 aliphatic carbocycles. The van der Waals surface area contributed by atoms with Crippen molar-refractivity contribution in [1.82, 2.24) is 9.97 Å². The number of anilines is 1. The number of aryl methyl sites for hydroxylation is 1. The number of hydrogen-bond acceptors (Lipinski definition) is 6. The zero-order valence-corrected chi connectivity index (χ0v) is 12.1. The molecule has 7 heteroatoms. The van der Waals surface area contributed by atoms with Gasteiger partial charge in [0.1, 0.15) is 0 Å². The predicted molar refractivity (Wildman–Crippen MR) is 72.7 cm³/mol. The van der Waals surface area contributed by atoms with Crippen LogP contribution in [0.1, 0.15) is 43.2 Å². The molecular weight excluding hydrogens is 262 g/mol. The van der Waals surface area contributed by atoms with Gasteiger partial charge in [-0.15, -0.1) is 0 Å². The molecule has 0 aliphatic heterocycles. The van der Waals surface area contributed by atoms with Crippen molar-refractivity contribution in [2.75, 3.05) is 11.9 Å². The highest BCUT2D eigenvalue weighted by Crippen LogP contribution is 2.16. The van der Waals surface area contributed by atoms with Gasteiger partial charge >= 0.3 is 11.9 Å². The molecule has 0 fully saturated rings. The Morgan fingerprint density at radius 3 is 2.60 bits per heavy atom. The van der Waals surface area contributed by atoms with Crippen LogP contribution in [-0.2, 0) is 9.53 Å². The van der Waals surface area contributed by atoms with Crippen molar-refractivity contribution in [1.29, 1.82) is 0 Å². The highest BCUT2D eigenvalue weighted by atomic mass is 16.5. The molecule has 0 unspecified atom stereocenters. The van der Waals surface area contributed by atoms with E-state index in [0.717, 1.165) is 0 Å². The normalized spacial score (nSPS) is 11.0.